The topological polar surface area (TPSA) is 27.6 Å². The van der Waals surface area contributed by atoms with E-state index in [2.05, 4.69) is 14.8 Å². The highest BCUT2D eigenvalue weighted by atomic mass is 32.2. The van der Waals surface area contributed by atoms with Gasteiger partial charge in [-0.15, -0.1) is 0 Å². The first-order chi connectivity index (χ1) is 5.47. The molecule has 0 radical (unpaired) electrons. The van der Waals surface area contributed by atoms with Gasteiger partial charge in [-0.1, -0.05) is 0 Å². The number of hydrazone groups is 1. The lowest BCUT2D eigenvalue weighted by molar-refractivity contribution is 0.340. The summed E-state index contributed by atoms with van der Waals surface area (Å²) in [5.41, 5.74) is 0. The van der Waals surface area contributed by atoms with Gasteiger partial charge in [0, 0.05) is 13.1 Å². The number of likely N-dealkylation sites (tertiary alicyclic amines) is 1. The third-order valence-electron chi connectivity index (χ3n) is 2.16. The van der Waals surface area contributed by atoms with Gasteiger partial charge < -0.3 is 4.90 Å². The third-order valence-corrected chi connectivity index (χ3v) is 2.78. The minimum absolute atomic E-state index is 1.04. The first kappa shape index (κ1) is 7.28. The van der Waals surface area contributed by atoms with E-state index in [0.29, 0.717) is 0 Å². The second-order valence-electron chi connectivity index (χ2n) is 2.96. The van der Waals surface area contributed by atoms with Crippen LogP contribution in [0.1, 0.15) is 19.3 Å². The molecule has 0 atom stereocenters. The Kier molecular flexibility index (Phi) is 2.21. The molecule has 0 bridgehead atoms. The molecule has 0 amide bonds. The van der Waals surface area contributed by atoms with Gasteiger partial charge in [0.15, 0.2) is 0 Å². The quantitative estimate of drug-likeness (QED) is 0.552. The SMILES string of the molecule is C1CCN(C2=NNSC2)CC1. The molecule has 0 unspecified atom stereocenters. The van der Waals surface area contributed by atoms with E-state index >= 15 is 0 Å². The number of piperidine rings is 1. The number of hydrogen-bond donors (Lipinski definition) is 1. The molecule has 2 heterocycles. The molecule has 1 saturated heterocycles. The molecule has 2 aliphatic rings. The van der Waals surface area contributed by atoms with Crippen molar-refractivity contribution in [3.8, 4) is 0 Å². The molecule has 2 rings (SSSR count). The number of amidine groups is 1. The van der Waals surface area contributed by atoms with E-state index in [0.717, 1.165) is 5.75 Å². The van der Waals surface area contributed by atoms with Crippen molar-refractivity contribution in [2.75, 3.05) is 18.8 Å². The van der Waals surface area contributed by atoms with Crippen LogP contribution in [0.4, 0.5) is 0 Å². The molecule has 11 heavy (non-hydrogen) atoms. The van der Waals surface area contributed by atoms with Crippen molar-refractivity contribution in [3.05, 3.63) is 0 Å². The Labute approximate surface area is 71.4 Å². The first-order valence-electron chi connectivity index (χ1n) is 4.15. The highest BCUT2D eigenvalue weighted by Crippen LogP contribution is 2.13. The average Bonchev–Trinajstić information content (AvgIpc) is 2.58. The summed E-state index contributed by atoms with van der Waals surface area (Å²) in [6.45, 7) is 2.42. The number of nitrogens with zero attached hydrogens (tertiary/aromatic N) is 2. The molecule has 4 heteroatoms. The molecule has 1 N–H and O–H groups in total. The van der Waals surface area contributed by atoms with Gasteiger partial charge in [-0.2, -0.15) is 5.10 Å². The predicted octanol–water partition coefficient (Wildman–Crippen LogP) is 1.04. The lowest BCUT2D eigenvalue weighted by atomic mass is 10.1. The molecule has 0 spiro atoms. The third kappa shape index (κ3) is 1.61. The highest BCUT2D eigenvalue weighted by molar-refractivity contribution is 7.98. The van der Waals surface area contributed by atoms with E-state index in [1.165, 1.54) is 38.2 Å². The summed E-state index contributed by atoms with van der Waals surface area (Å²) in [5.74, 6) is 2.29. The van der Waals surface area contributed by atoms with Crippen LogP contribution in [-0.4, -0.2) is 29.6 Å². The van der Waals surface area contributed by atoms with Crippen molar-refractivity contribution >= 4 is 17.8 Å². The molecular formula is C7H13N3S. The molecule has 3 nitrogen and oxygen atoms in total. The van der Waals surface area contributed by atoms with Gasteiger partial charge >= 0.3 is 0 Å². The molecule has 0 saturated carbocycles. The number of hydrogen-bond acceptors (Lipinski definition) is 4. The Bertz CT molecular complexity index is 163. The lowest BCUT2D eigenvalue weighted by Crippen LogP contribution is -2.35. The van der Waals surface area contributed by atoms with Gasteiger partial charge in [-0.05, 0) is 31.2 Å². The Hall–Kier alpha value is -0.380. The zero-order valence-corrected chi connectivity index (χ0v) is 7.36. The van der Waals surface area contributed by atoms with Gasteiger partial charge in [0.1, 0.15) is 5.84 Å². The average molecular weight is 171 g/mol. The Balaban J connectivity index is 1.92. The van der Waals surface area contributed by atoms with Crippen molar-refractivity contribution in [2.45, 2.75) is 19.3 Å². The minimum atomic E-state index is 1.04. The van der Waals surface area contributed by atoms with E-state index in [-0.39, 0.29) is 0 Å². The largest absolute Gasteiger partial charge is 0.358 e. The first-order valence-corrected chi connectivity index (χ1v) is 5.14. The van der Waals surface area contributed by atoms with Crippen LogP contribution in [0.25, 0.3) is 0 Å². The number of rotatable bonds is 0. The zero-order chi connectivity index (χ0) is 7.52. The van der Waals surface area contributed by atoms with Crippen molar-refractivity contribution < 1.29 is 0 Å². The molecule has 0 aliphatic carbocycles. The maximum Gasteiger partial charge on any atom is 0.137 e. The predicted molar refractivity (Wildman–Crippen MR) is 48.5 cm³/mol. The highest BCUT2D eigenvalue weighted by Gasteiger charge is 2.17. The monoisotopic (exact) mass is 171 g/mol. The van der Waals surface area contributed by atoms with E-state index in [9.17, 15) is 0 Å². The van der Waals surface area contributed by atoms with Crippen LogP contribution in [0.2, 0.25) is 0 Å². The standard InChI is InChI=1S/C7H13N3S/c1-2-4-10(5-3-1)7-6-11-9-8-7/h9H,1-6H2. The normalized spacial score (nSPS) is 24.7. The summed E-state index contributed by atoms with van der Waals surface area (Å²) in [7, 11) is 0. The van der Waals surface area contributed by atoms with E-state index in [1.807, 2.05) is 0 Å². The van der Waals surface area contributed by atoms with Gasteiger partial charge in [0.2, 0.25) is 0 Å². The molecule has 0 aromatic rings. The van der Waals surface area contributed by atoms with Crippen LogP contribution < -0.4 is 4.83 Å². The van der Waals surface area contributed by atoms with Crippen LogP contribution in [-0.2, 0) is 0 Å². The fraction of sp³-hybridized carbons (Fsp3) is 0.857. The lowest BCUT2D eigenvalue weighted by Gasteiger charge is -2.27. The molecule has 2 aliphatic heterocycles. The maximum absolute atomic E-state index is 4.21. The Morgan fingerprint density at radius 3 is 2.73 bits per heavy atom. The molecule has 62 valence electrons. The van der Waals surface area contributed by atoms with Gasteiger partial charge in [0.05, 0.1) is 5.75 Å². The second kappa shape index (κ2) is 3.34. The Morgan fingerprint density at radius 1 is 1.27 bits per heavy atom. The van der Waals surface area contributed by atoms with Crippen molar-refractivity contribution in [3.63, 3.8) is 0 Å². The summed E-state index contributed by atoms with van der Waals surface area (Å²) < 4.78 is 0. The van der Waals surface area contributed by atoms with Crippen LogP contribution in [0, 0.1) is 0 Å². The maximum atomic E-state index is 4.21. The van der Waals surface area contributed by atoms with Gasteiger partial charge in [0.25, 0.3) is 0 Å². The Morgan fingerprint density at radius 2 is 2.09 bits per heavy atom. The summed E-state index contributed by atoms with van der Waals surface area (Å²) in [6, 6.07) is 0. The van der Waals surface area contributed by atoms with Crippen molar-refractivity contribution in [2.24, 2.45) is 5.10 Å². The summed E-state index contributed by atoms with van der Waals surface area (Å²) >= 11 is 1.68. The molecular weight excluding hydrogens is 158 g/mol. The summed E-state index contributed by atoms with van der Waals surface area (Å²) in [4.78, 5) is 5.33. The van der Waals surface area contributed by atoms with E-state index in [1.54, 1.807) is 11.9 Å². The summed E-state index contributed by atoms with van der Waals surface area (Å²) in [6.07, 6.45) is 4.07. The van der Waals surface area contributed by atoms with Gasteiger partial charge in [-0.3, -0.25) is 0 Å². The van der Waals surface area contributed by atoms with Crippen molar-refractivity contribution in [1.29, 1.82) is 0 Å². The van der Waals surface area contributed by atoms with Crippen LogP contribution in [0.5, 0.6) is 0 Å². The van der Waals surface area contributed by atoms with Crippen LogP contribution in [0.15, 0.2) is 5.10 Å². The number of nitrogens with one attached hydrogen (secondary N) is 1. The smallest absolute Gasteiger partial charge is 0.137 e. The molecule has 0 aromatic carbocycles. The fourth-order valence-electron chi connectivity index (χ4n) is 1.53. The fourth-order valence-corrected chi connectivity index (χ4v) is 2.14. The van der Waals surface area contributed by atoms with E-state index < -0.39 is 0 Å². The summed E-state index contributed by atoms with van der Waals surface area (Å²) in [5, 5.41) is 4.21. The van der Waals surface area contributed by atoms with Crippen LogP contribution >= 0.6 is 11.9 Å². The molecule has 1 fully saturated rings. The zero-order valence-electron chi connectivity index (χ0n) is 6.55. The molecule has 0 aromatic heterocycles. The second-order valence-corrected chi connectivity index (χ2v) is 3.72. The minimum Gasteiger partial charge on any atom is -0.358 e. The van der Waals surface area contributed by atoms with Gasteiger partial charge in [-0.25, -0.2) is 4.83 Å². The van der Waals surface area contributed by atoms with Crippen molar-refractivity contribution in [1.82, 2.24) is 9.73 Å². The van der Waals surface area contributed by atoms with Crippen LogP contribution in [0.3, 0.4) is 0 Å². The van der Waals surface area contributed by atoms with E-state index in [4.69, 9.17) is 0 Å².